The molecule has 5 rings (SSSR count). The first-order valence-corrected chi connectivity index (χ1v) is 12.7. The fourth-order valence-electron chi connectivity index (χ4n) is 7.72. The van der Waals surface area contributed by atoms with Gasteiger partial charge >= 0.3 is 0 Å². The number of rotatable bonds is 5. The smallest absolute Gasteiger partial charge is 0.261 e. The molecular weight excluding hydrogens is 428 g/mol. The maximum absolute atomic E-state index is 12.0. The Kier molecular flexibility index (Phi) is 5.88. The van der Waals surface area contributed by atoms with Crippen molar-refractivity contribution in [3.05, 3.63) is 35.8 Å². The molecule has 182 valence electrons. The molecule has 3 fully saturated rings. The Bertz CT molecular complexity index is 1040. The number of terminal acetylenes is 1. The molecule has 2 N–H and O–H groups in total. The first kappa shape index (κ1) is 23.2. The number of nitrogens with one attached hydrogen (secondary N) is 1. The van der Waals surface area contributed by atoms with E-state index >= 15 is 0 Å². The number of hydrogen-bond donors (Lipinski definition) is 2. The van der Waals surface area contributed by atoms with Crippen molar-refractivity contribution in [3.8, 4) is 12.3 Å². The number of carbonyl (C=O) groups is 1. The highest BCUT2D eigenvalue weighted by Crippen LogP contribution is 2.67. The molecule has 1 aromatic rings. The molecule has 0 bridgehead atoms. The largest absolute Gasteiger partial charge is 0.467 e. The van der Waals surface area contributed by atoms with Gasteiger partial charge < -0.3 is 19.7 Å². The molecular formula is C28H36N2O4. The fraction of sp³-hybridized carbons (Fsp3) is 0.643. The summed E-state index contributed by atoms with van der Waals surface area (Å²) in [6.07, 6.45) is 17.6. The highest BCUT2D eigenvalue weighted by Gasteiger charge is 2.63. The van der Waals surface area contributed by atoms with Crippen molar-refractivity contribution in [2.45, 2.75) is 77.4 Å². The molecule has 4 aliphatic rings. The van der Waals surface area contributed by atoms with E-state index in [2.05, 4.69) is 36.3 Å². The van der Waals surface area contributed by atoms with Crippen LogP contribution >= 0.6 is 0 Å². The van der Waals surface area contributed by atoms with Gasteiger partial charge in [-0.05, 0) is 92.7 Å². The van der Waals surface area contributed by atoms with E-state index in [0.29, 0.717) is 30.1 Å². The van der Waals surface area contributed by atoms with Crippen molar-refractivity contribution in [1.82, 2.24) is 5.32 Å². The van der Waals surface area contributed by atoms with E-state index in [1.165, 1.54) is 5.57 Å². The second-order valence-corrected chi connectivity index (χ2v) is 11.2. The highest BCUT2D eigenvalue weighted by atomic mass is 16.6. The molecule has 34 heavy (non-hydrogen) atoms. The fourth-order valence-corrected chi connectivity index (χ4v) is 7.72. The summed E-state index contributed by atoms with van der Waals surface area (Å²) in [6, 6.07) is 3.61. The lowest BCUT2D eigenvalue weighted by atomic mass is 9.46. The van der Waals surface area contributed by atoms with Crippen molar-refractivity contribution in [2.24, 2.45) is 33.7 Å². The molecule has 0 aromatic carbocycles. The van der Waals surface area contributed by atoms with Crippen LogP contribution in [-0.4, -0.2) is 28.9 Å². The van der Waals surface area contributed by atoms with Gasteiger partial charge in [0.1, 0.15) is 11.4 Å². The minimum atomic E-state index is -0.951. The van der Waals surface area contributed by atoms with E-state index in [0.717, 1.165) is 57.1 Å². The number of hydrogen-bond acceptors (Lipinski definition) is 5. The van der Waals surface area contributed by atoms with Crippen LogP contribution in [0.5, 0.6) is 0 Å². The SMILES string of the molecule is C#C[C@@]1(O)CC[C@@H]2[C@@H]3CCC4=C/C(=N/OCC(=O)NCc5ccco5)CC[C@]4(C)[C@H]3CC[C@@]21C. The summed E-state index contributed by atoms with van der Waals surface area (Å²) in [5.41, 5.74) is 1.45. The van der Waals surface area contributed by atoms with E-state index in [-0.39, 0.29) is 23.3 Å². The van der Waals surface area contributed by atoms with Gasteiger partial charge in [0.2, 0.25) is 0 Å². The van der Waals surface area contributed by atoms with Crippen LogP contribution in [0.4, 0.5) is 0 Å². The molecule has 6 nitrogen and oxygen atoms in total. The van der Waals surface area contributed by atoms with Crippen molar-refractivity contribution in [1.29, 1.82) is 0 Å². The van der Waals surface area contributed by atoms with Gasteiger partial charge in [-0.15, -0.1) is 6.42 Å². The third-order valence-corrected chi connectivity index (χ3v) is 9.79. The Morgan fingerprint density at radius 3 is 2.85 bits per heavy atom. The zero-order valence-corrected chi connectivity index (χ0v) is 20.3. The maximum atomic E-state index is 12.0. The Hall–Kier alpha value is -2.52. The van der Waals surface area contributed by atoms with Crippen LogP contribution in [0.25, 0.3) is 0 Å². The summed E-state index contributed by atoms with van der Waals surface area (Å²) < 4.78 is 5.21. The summed E-state index contributed by atoms with van der Waals surface area (Å²) in [4.78, 5) is 17.4. The molecule has 4 aliphatic carbocycles. The van der Waals surface area contributed by atoms with Crippen molar-refractivity contribution in [2.75, 3.05) is 6.61 Å². The van der Waals surface area contributed by atoms with Gasteiger partial charge in [0, 0.05) is 5.41 Å². The minimum absolute atomic E-state index is 0.103. The number of carbonyl (C=O) groups excluding carboxylic acids is 1. The Morgan fingerprint density at radius 2 is 2.09 bits per heavy atom. The number of allylic oxidation sites excluding steroid dienone is 2. The lowest BCUT2D eigenvalue weighted by molar-refractivity contribution is -0.125. The summed E-state index contributed by atoms with van der Waals surface area (Å²) in [6.45, 7) is 4.91. The number of fused-ring (bicyclic) bond motifs is 5. The number of oxime groups is 1. The standard InChI is InChI=1S/C28H36N2O4/c1-4-28(32)14-11-24-22-8-7-19-16-20(9-12-26(19,2)23(22)10-13-27(24,28)3)30-34-18-25(31)29-17-21-6-5-15-33-21/h1,5-6,15-16,22-24,32H,7-14,17-18H2,2-3H3,(H,29,31)/b30-20+/t22-,23+,24-,26+,27+,28-/m1/s1. The van der Waals surface area contributed by atoms with Crippen LogP contribution in [0.2, 0.25) is 0 Å². The molecule has 0 radical (unpaired) electrons. The van der Waals surface area contributed by atoms with E-state index in [4.69, 9.17) is 15.7 Å². The summed E-state index contributed by atoms with van der Waals surface area (Å²) in [5.74, 6) is 5.01. The first-order valence-electron chi connectivity index (χ1n) is 12.7. The predicted molar refractivity (Wildman–Crippen MR) is 129 cm³/mol. The summed E-state index contributed by atoms with van der Waals surface area (Å²) in [7, 11) is 0. The number of nitrogens with zero attached hydrogens (tertiary/aromatic N) is 1. The molecule has 3 saturated carbocycles. The van der Waals surface area contributed by atoms with Gasteiger partial charge in [0.15, 0.2) is 6.61 Å². The molecule has 1 aromatic heterocycles. The molecule has 6 heteroatoms. The lowest BCUT2D eigenvalue weighted by Crippen LogP contribution is -2.54. The average Bonchev–Trinajstić information content (AvgIpc) is 3.44. The number of amides is 1. The van der Waals surface area contributed by atoms with Crippen LogP contribution < -0.4 is 5.32 Å². The Morgan fingerprint density at radius 1 is 1.26 bits per heavy atom. The van der Waals surface area contributed by atoms with Crippen molar-refractivity contribution in [3.63, 3.8) is 0 Å². The molecule has 1 heterocycles. The lowest BCUT2D eigenvalue weighted by Gasteiger charge is -2.58. The summed E-state index contributed by atoms with van der Waals surface area (Å²) in [5, 5.41) is 18.2. The molecule has 0 unspecified atom stereocenters. The number of aliphatic hydroxyl groups is 1. The van der Waals surface area contributed by atoms with Crippen LogP contribution in [-0.2, 0) is 16.2 Å². The van der Waals surface area contributed by atoms with Gasteiger partial charge in [-0.3, -0.25) is 4.79 Å². The van der Waals surface area contributed by atoms with Gasteiger partial charge in [0.05, 0.1) is 18.5 Å². The van der Waals surface area contributed by atoms with Crippen LogP contribution in [0, 0.1) is 40.9 Å². The van der Waals surface area contributed by atoms with Crippen molar-refractivity contribution >= 4 is 11.6 Å². The molecule has 0 spiro atoms. The van der Waals surface area contributed by atoms with Crippen LogP contribution in [0.1, 0.15) is 71.0 Å². The zero-order chi connectivity index (χ0) is 24.0. The minimum Gasteiger partial charge on any atom is -0.467 e. The average molecular weight is 465 g/mol. The van der Waals surface area contributed by atoms with Crippen LogP contribution in [0.3, 0.4) is 0 Å². The predicted octanol–water partition coefficient (Wildman–Crippen LogP) is 4.60. The maximum Gasteiger partial charge on any atom is 0.261 e. The van der Waals surface area contributed by atoms with Crippen LogP contribution in [0.15, 0.2) is 39.6 Å². The third kappa shape index (κ3) is 3.69. The second-order valence-electron chi connectivity index (χ2n) is 11.2. The third-order valence-electron chi connectivity index (χ3n) is 9.79. The van der Waals surface area contributed by atoms with Crippen molar-refractivity contribution < 1.29 is 19.2 Å². The Labute approximate surface area is 202 Å². The number of furan rings is 1. The monoisotopic (exact) mass is 464 g/mol. The van der Waals surface area contributed by atoms with Gasteiger partial charge in [-0.2, -0.15) is 0 Å². The molecule has 1 amide bonds. The zero-order valence-electron chi connectivity index (χ0n) is 20.3. The first-order chi connectivity index (χ1) is 16.3. The van der Waals surface area contributed by atoms with Gasteiger partial charge in [-0.25, -0.2) is 0 Å². The van der Waals surface area contributed by atoms with E-state index in [1.54, 1.807) is 12.3 Å². The topological polar surface area (TPSA) is 84.1 Å². The van der Waals surface area contributed by atoms with E-state index < -0.39 is 5.60 Å². The highest BCUT2D eigenvalue weighted by molar-refractivity contribution is 5.96. The normalized spacial score (nSPS) is 39.9. The van der Waals surface area contributed by atoms with Gasteiger partial charge in [0.25, 0.3) is 5.91 Å². The van der Waals surface area contributed by atoms with Gasteiger partial charge in [-0.1, -0.05) is 30.5 Å². The Balaban J connectivity index is 1.22. The van der Waals surface area contributed by atoms with E-state index in [9.17, 15) is 9.90 Å². The van der Waals surface area contributed by atoms with E-state index in [1.807, 2.05) is 6.07 Å². The molecule has 6 atom stereocenters. The second kappa shape index (κ2) is 8.61. The quantitative estimate of drug-likeness (QED) is 0.493. The molecule has 0 aliphatic heterocycles. The molecule has 0 saturated heterocycles. The summed E-state index contributed by atoms with van der Waals surface area (Å²) >= 11 is 0.